The van der Waals surface area contributed by atoms with Crippen molar-refractivity contribution < 1.29 is 27.8 Å². The van der Waals surface area contributed by atoms with Crippen LogP contribution in [-0.2, 0) is 11.2 Å². The summed E-state index contributed by atoms with van der Waals surface area (Å²) in [7, 11) is 0. The summed E-state index contributed by atoms with van der Waals surface area (Å²) in [6, 6.07) is 10.5. The van der Waals surface area contributed by atoms with E-state index < -0.39 is 12.5 Å². The van der Waals surface area contributed by atoms with Crippen molar-refractivity contribution in [3.63, 3.8) is 0 Å². The second-order valence-corrected chi connectivity index (χ2v) is 8.07. The largest absolute Gasteiger partial charge is 0.437 e. The number of thiazole rings is 1. The lowest BCUT2D eigenvalue weighted by molar-refractivity contribution is -0.115. The maximum Gasteiger partial charge on any atom is 0.388 e. The molecule has 0 aliphatic heterocycles. The van der Waals surface area contributed by atoms with Gasteiger partial charge in [-0.15, -0.1) is 0 Å². The summed E-state index contributed by atoms with van der Waals surface area (Å²) in [5, 5.41) is 3.09. The molecule has 13 heteroatoms. The fourth-order valence-corrected chi connectivity index (χ4v) is 3.95. The van der Waals surface area contributed by atoms with Gasteiger partial charge in [0.05, 0.1) is 11.4 Å². The summed E-state index contributed by atoms with van der Waals surface area (Å²) in [6.07, 6.45) is 1.41. The van der Waals surface area contributed by atoms with Crippen molar-refractivity contribution in [3.05, 3.63) is 64.8 Å². The van der Waals surface area contributed by atoms with Gasteiger partial charge in [-0.3, -0.25) is 9.59 Å². The molecule has 1 aromatic carbocycles. The van der Waals surface area contributed by atoms with Crippen LogP contribution in [0.1, 0.15) is 15.9 Å². The van der Waals surface area contributed by atoms with Crippen molar-refractivity contribution in [2.45, 2.75) is 13.0 Å². The van der Waals surface area contributed by atoms with Crippen LogP contribution in [0.3, 0.4) is 0 Å². The number of rotatable bonds is 8. The summed E-state index contributed by atoms with van der Waals surface area (Å²) < 4.78 is 34.6. The fraction of sp³-hybridized carbons (Fsp3) is 0.0952. The molecule has 0 aliphatic carbocycles. The Morgan fingerprint density at radius 3 is 2.74 bits per heavy atom. The van der Waals surface area contributed by atoms with Crippen LogP contribution in [0.5, 0.6) is 17.5 Å². The smallest absolute Gasteiger partial charge is 0.388 e. The Labute approximate surface area is 199 Å². The third-order valence-corrected chi connectivity index (χ3v) is 5.47. The molecule has 0 aliphatic rings. The molecule has 0 atom stereocenters. The molecule has 3 heterocycles. The molecule has 174 valence electrons. The first kappa shape index (κ1) is 23.3. The molecule has 0 saturated heterocycles. The summed E-state index contributed by atoms with van der Waals surface area (Å²) >= 11 is 7.29. The standard InChI is InChI=1S/C21H14ClF2N5O4S/c22-12-8-10(3-5-14(12)32-18-11(17(25)31)2-1-7-26-18)9-15(30)28-21-27-13-4-6-16(33-20(23)24)29-19(13)34-21/h1-8,20H,9H2,(H2,25,31)(H,27,28,30). The zero-order valence-corrected chi connectivity index (χ0v) is 18.6. The van der Waals surface area contributed by atoms with E-state index in [0.717, 1.165) is 11.3 Å². The number of nitrogens with two attached hydrogens (primary N) is 1. The third-order valence-electron chi connectivity index (χ3n) is 4.29. The number of carbonyl (C=O) groups is 2. The number of anilines is 1. The summed E-state index contributed by atoms with van der Waals surface area (Å²) in [5.74, 6) is -1.08. The predicted molar refractivity (Wildman–Crippen MR) is 121 cm³/mol. The van der Waals surface area contributed by atoms with Crippen LogP contribution in [0.25, 0.3) is 10.3 Å². The van der Waals surface area contributed by atoms with Gasteiger partial charge in [-0.2, -0.15) is 8.78 Å². The van der Waals surface area contributed by atoms with E-state index in [-0.39, 0.29) is 45.6 Å². The lowest BCUT2D eigenvalue weighted by Crippen LogP contribution is -2.14. The highest BCUT2D eigenvalue weighted by atomic mass is 35.5. The number of alkyl halides is 2. The van der Waals surface area contributed by atoms with E-state index in [1.54, 1.807) is 12.1 Å². The molecule has 4 rings (SSSR count). The number of carbonyl (C=O) groups excluding carboxylic acids is 2. The van der Waals surface area contributed by atoms with Gasteiger partial charge >= 0.3 is 6.61 Å². The maximum absolute atomic E-state index is 12.5. The molecule has 0 bridgehead atoms. The summed E-state index contributed by atoms with van der Waals surface area (Å²) in [5.41, 5.74) is 6.42. The van der Waals surface area contributed by atoms with Gasteiger partial charge in [-0.25, -0.2) is 15.0 Å². The number of benzene rings is 1. The number of amides is 2. The van der Waals surface area contributed by atoms with Crippen LogP contribution in [-0.4, -0.2) is 33.4 Å². The molecule has 4 aromatic rings. The van der Waals surface area contributed by atoms with E-state index in [0.29, 0.717) is 15.9 Å². The average molecular weight is 506 g/mol. The Balaban J connectivity index is 1.42. The maximum atomic E-state index is 12.5. The molecule has 0 spiro atoms. The molecule has 9 nitrogen and oxygen atoms in total. The van der Waals surface area contributed by atoms with E-state index in [1.165, 1.54) is 36.5 Å². The summed E-state index contributed by atoms with van der Waals surface area (Å²) in [4.78, 5) is 36.4. The van der Waals surface area contributed by atoms with Crippen LogP contribution < -0.4 is 20.5 Å². The average Bonchev–Trinajstić information content (AvgIpc) is 3.16. The lowest BCUT2D eigenvalue weighted by atomic mass is 10.1. The van der Waals surface area contributed by atoms with E-state index in [2.05, 4.69) is 25.0 Å². The second-order valence-electron chi connectivity index (χ2n) is 6.68. The number of ether oxygens (including phenoxy) is 2. The normalized spacial score (nSPS) is 10.9. The van der Waals surface area contributed by atoms with Gasteiger partial charge in [0.25, 0.3) is 5.91 Å². The highest BCUT2D eigenvalue weighted by Gasteiger charge is 2.15. The first-order valence-electron chi connectivity index (χ1n) is 9.52. The van der Waals surface area contributed by atoms with Crippen molar-refractivity contribution in [2.24, 2.45) is 5.73 Å². The predicted octanol–water partition coefficient (Wildman–Crippen LogP) is 4.41. The number of aromatic nitrogens is 3. The molecule has 0 unspecified atom stereocenters. The highest BCUT2D eigenvalue weighted by Crippen LogP contribution is 2.31. The topological polar surface area (TPSA) is 129 Å². The van der Waals surface area contributed by atoms with Gasteiger partial charge in [0.15, 0.2) is 5.13 Å². The second kappa shape index (κ2) is 9.93. The van der Waals surface area contributed by atoms with Gasteiger partial charge in [0.1, 0.15) is 21.7 Å². The van der Waals surface area contributed by atoms with Crippen molar-refractivity contribution in [2.75, 3.05) is 5.32 Å². The number of nitrogens with zero attached hydrogens (tertiary/aromatic N) is 3. The van der Waals surface area contributed by atoms with Gasteiger partial charge in [0, 0.05) is 12.3 Å². The lowest BCUT2D eigenvalue weighted by Gasteiger charge is -2.10. The zero-order valence-electron chi connectivity index (χ0n) is 17.0. The van der Waals surface area contributed by atoms with Gasteiger partial charge < -0.3 is 20.5 Å². The van der Waals surface area contributed by atoms with Crippen molar-refractivity contribution >= 4 is 50.2 Å². The van der Waals surface area contributed by atoms with Crippen LogP contribution in [0.2, 0.25) is 5.02 Å². The molecule has 3 aromatic heterocycles. The Morgan fingerprint density at radius 1 is 1.18 bits per heavy atom. The van der Waals surface area contributed by atoms with Gasteiger partial charge in [-0.05, 0) is 35.9 Å². The van der Waals surface area contributed by atoms with Gasteiger partial charge in [0.2, 0.25) is 17.7 Å². The number of halogens is 3. The van der Waals surface area contributed by atoms with E-state index in [4.69, 9.17) is 22.1 Å². The number of fused-ring (bicyclic) bond motifs is 1. The van der Waals surface area contributed by atoms with E-state index in [1.807, 2.05) is 0 Å². The van der Waals surface area contributed by atoms with Gasteiger partial charge in [-0.1, -0.05) is 29.0 Å². The Bertz CT molecular complexity index is 1380. The Kier molecular flexibility index (Phi) is 6.80. The molecule has 34 heavy (non-hydrogen) atoms. The summed E-state index contributed by atoms with van der Waals surface area (Å²) in [6.45, 7) is -2.99. The molecule has 3 N–H and O–H groups in total. The minimum atomic E-state index is -2.99. The molecule has 2 amide bonds. The van der Waals surface area contributed by atoms with E-state index in [9.17, 15) is 18.4 Å². The minimum absolute atomic E-state index is 0.00828. The monoisotopic (exact) mass is 505 g/mol. The van der Waals surface area contributed by atoms with Crippen molar-refractivity contribution in [3.8, 4) is 17.5 Å². The fourth-order valence-electron chi connectivity index (χ4n) is 2.86. The Hall–Kier alpha value is -3.90. The zero-order chi connectivity index (χ0) is 24.2. The minimum Gasteiger partial charge on any atom is -0.437 e. The quantitative estimate of drug-likeness (QED) is 0.362. The first-order valence-corrected chi connectivity index (χ1v) is 10.7. The first-order chi connectivity index (χ1) is 16.3. The number of primary amides is 1. The van der Waals surface area contributed by atoms with Crippen LogP contribution >= 0.6 is 22.9 Å². The van der Waals surface area contributed by atoms with E-state index >= 15 is 0 Å². The number of pyridine rings is 2. The van der Waals surface area contributed by atoms with Crippen molar-refractivity contribution in [1.82, 2.24) is 15.0 Å². The van der Waals surface area contributed by atoms with Crippen LogP contribution in [0, 0.1) is 0 Å². The SMILES string of the molecule is NC(=O)c1cccnc1Oc1ccc(CC(=O)Nc2nc3ccc(OC(F)F)nc3s2)cc1Cl. The number of nitrogens with one attached hydrogen (secondary N) is 1. The number of hydrogen-bond donors (Lipinski definition) is 2. The van der Waals surface area contributed by atoms with Crippen LogP contribution in [0.15, 0.2) is 48.7 Å². The molecule has 0 radical (unpaired) electrons. The van der Waals surface area contributed by atoms with Crippen LogP contribution in [0.4, 0.5) is 13.9 Å². The number of hydrogen-bond acceptors (Lipinski definition) is 8. The third kappa shape index (κ3) is 5.53. The highest BCUT2D eigenvalue weighted by molar-refractivity contribution is 7.21. The molecular weight excluding hydrogens is 492 g/mol. The Morgan fingerprint density at radius 2 is 2.00 bits per heavy atom. The molecular formula is C21H14ClF2N5O4S. The van der Waals surface area contributed by atoms with Crippen molar-refractivity contribution in [1.29, 1.82) is 0 Å². The molecule has 0 fully saturated rings. The molecule has 0 saturated carbocycles.